The van der Waals surface area contributed by atoms with Gasteiger partial charge in [-0.15, -0.1) is 0 Å². The van der Waals surface area contributed by atoms with E-state index in [4.69, 9.17) is 0 Å². The summed E-state index contributed by atoms with van der Waals surface area (Å²) in [6, 6.07) is 8.46. The monoisotopic (exact) mass is 259 g/mol. The molecule has 1 aromatic rings. The topological polar surface area (TPSA) is 40.5 Å². The van der Waals surface area contributed by atoms with E-state index in [-0.39, 0.29) is 12.0 Å². The highest BCUT2D eigenvalue weighted by Gasteiger charge is 2.23. The van der Waals surface area contributed by atoms with Gasteiger partial charge in [-0.05, 0) is 55.7 Å². The second-order valence-corrected chi connectivity index (χ2v) is 5.75. The van der Waals surface area contributed by atoms with E-state index in [0.717, 1.165) is 44.3 Å². The second-order valence-electron chi connectivity index (χ2n) is 5.75. The molecule has 3 heteroatoms. The summed E-state index contributed by atoms with van der Waals surface area (Å²) in [6.07, 6.45) is 5.53. The van der Waals surface area contributed by atoms with Gasteiger partial charge in [0.05, 0.1) is 6.10 Å². The average Bonchev–Trinajstić information content (AvgIpc) is 2.86. The van der Waals surface area contributed by atoms with Crippen LogP contribution in [0, 0.1) is 0 Å². The molecule has 1 amide bonds. The second kappa shape index (κ2) is 5.33. The van der Waals surface area contributed by atoms with Gasteiger partial charge in [-0.3, -0.25) is 4.79 Å². The van der Waals surface area contributed by atoms with E-state index in [2.05, 4.69) is 24.3 Å². The number of benzene rings is 1. The molecule has 1 N–H and O–H groups in total. The molecule has 0 spiro atoms. The Morgan fingerprint density at radius 1 is 1.05 bits per heavy atom. The zero-order valence-electron chi connectivity index (χ0n) is 11.2. The fourth-order valence-electron chi connectivity index (χ4n) is 3.26. The van der Waals surface area contributed by atoms with E-state index < -0.39 is 0 Å². The van der Waals surface area contributed by atoms with Crippen LogP contribution in [0.25, 0.3) is 0 Å². The number of carbonyl (C=O) groups excluding carboxylic acids is 1. The summed E-state index contributed by atoms with van der Waals surface area (Å²) in [5, 5.41) is 9.55. The molecule has 3 rings (SSSR count). The third kappa shape index (κ3) is 2.66. The Balaban J connectivity index is 1.70. The van der Waals surface area contributed by atoms with Gasteiger partial charge in [0.1, 0.15) is 0 Å². The summed E-state index contributed by atoms with van der Waals surface area (Å²) in [4.78, 5) is 13.6. The molecule has 3 nitrogen and oxygen atoms in total. The zero-order valence-corrected chi connectivity index (χ0v) is 11.2. The maximum atomic E-state index is 11.7. The third-order valence-corrected chi connectivity index (χ3v) is 4.45. The number of amides is 1. The molecule has 1 saturated heterocycles. The van der Waals surface area contributed by atoms with Crippen molar-refractivity contribution in [3.05, 3.63) is 29.8 Å². The SMILES string of the molecule is O=C1CCCN1c1ccc([C@H]2CC[C@H](O)CC2)cc1. The highest BCUT2D eigenvalue weighted by molar-refractivity contribution is 5.95. The lowest BCUT2D eigenvalue weighted by molar-refractivity contribution is -0.117. The third-order valence-electron chi connectivity index (χ3n) is 4.45. The van der Waals surface area contributed by atoms with Crippen LogP contribution in [-0.2, 0) is 4.79 Å². The molecule has 0 bridgehead atoms. The van der Waals surface area contributed by atoms with E-state index in [9.17, 15) is 9.90 Å². The number of carbonyl (C=O) groups is 1. The highest BCUT2D eigenvalue weighted by Crippen LogP contribution is 2.34. The Hall–Kier alpha value is -1.35. The molecule has 102 valence electrons. The zero-order chi connectivity index (χ0) is 13.2. The van der Waals surface area contributed by atoms with Crippen molar-refractivity contribution in [1.29, 1.82) is 0 Å². The maximum absolute atomic E-state index is 11.7. The van der Waals surface area contributed by atoms with Gasteiger partial charge in [-0.25, -0.2) is 0 Å². The molecular formula is C16H21NO2. The number of aliphatic hydroxyl groups excluding tert-OH is 1. The van der Waals surface area contributed by atoms with Crippen LogP contribution in [0.15, 0.2) is 24.3 Å². The predicted molar refractivity (Wildman–Crippen MR) is 75.2 cm³/mol. The first-order valence-electron chi connectivity index (χ1n) is 7.32. The molecule has 2 fully saturated rings. The molecule has 1 aromatic carbocycles. The summed E-state index contributed by atoms with van der Waals surface area (Å²) in [5.41, 5.74) is 2.38. The number of hydrogen-bond acceptors (Lipinski definition) is 2. The molecule has 19 heavy (non-hydrogen) atoms. The first-order valence-corrected chi connectivity index (χ1v) is 7.32. The van der Waals surface area contributed by atoms with Crippen molar-refractivity contribution in [2.24, 2.45) is 0 Å². The van der Waals surface area contributed by atoms with Crippen molar-refractivity contribution in [3.8, 4) is 0 Å². The van der Waals surface area contributed by atoms with E-state index >= 15 is 0 Å². The summed E-state index contributed by atoms with van der Waals surface area (Å²) in [5.74, 6) is 0.820. The summed E-state index contributed by atoms with van der Waals surface area (Å²) in [7, 11) is 0. The van der Waals surface area contributed by atoms with Crippen LogP contribution in [0.2, 0.25) is 0 Å². The van der Waals surface area contributed by atoms with Gasteiger partial charge in [0.25, 0.3) is 0 Å². The van der Waals surface area contributed by atoms with Gasteiger partial charge in [-0.2, -0.15) is 0 Å². The van der Waals surface area contributed by atoms with Crippen LogP contribution in [0.1, 0.15) is 50.0 Å². The molecular weight excluding hydrogens is 238 g/mol. The highest BCUT2D eigenvalue weighted by atomic mass is 16.3. The first kappa shape index (κ1) is 12.7. The Kier molecular flexibility index (Phi) is 3.56. The lowest BCUT2D eigenvalue weighted by Gasteiger charge is -2.26. The van der Waals surface area contributed by atoms with Gasteiger partial charge in [0, 0.05) is 18.7 Å². The molecule has 0 aromatic heterocycles. The van der Waals surface area contributed by atoms with E-state index in [0.29, 0.717) is 12.3 Å². The standard InChI is InChI=1S/C16H21NO2/c18-15-9-5-13(6-10-15)12-3-7-14(8-4-12)17-11-1-2-16(17)19/h3-4,7-8,13,15,18H,1-2,5-6,9-11H2/t13-,15-. The maximum Gasteiger partial charge on any atom is 0.227 e. The quantitative estimate of drug-likeness (QED) is 0.887. The van der Waals surface area contributed by atoms with Gasteiger partial charge >= 0.3 is 0 Å². The molecule has 1 aliphatic carbocycles. The van der Waals surface area contributed by atoms with Crippen molar-refractivity contribution in [3.63, 3.8) is 0 Å². The summed E-state index contributed by atoms with van der Waals surface area (Å²) >= 11 is 0. The van der Waals surface area contributed by atoms with Crippen LogP contribution in [0.3, 0.4) is 0 Å². The van der Waals surface area contributed by atoms with Crippen molar-refractivity contribution in [2.75, 3.05) is 11.4 Å². The van der Waals surface area contributed by atoms with Gasteiger partial charge in [-0.1, -0.05) is 12.1 Å². The van der Waals surface area contributed by atoms with Crippen LogP contribution in [0.5, 0.6) is 0 Å². The number of hydrogen-bond donors (Lipinski definition) is 1. The largest absolute Gasteiger partial charge is 0.393 e. The molecule has 1 heterocycles. The first-order chi connectivity index (χ1) is 9.24. The van der Waals surface area contributed by atoms with Crippen LogP contribution in [-0.4, -0.2) is 23.7 Å². The van der Waals surface area contributed by atoms with Gasteiger partial charge in [0.2, 0.25) is 5.91 Å². The fourth-order valence-corrected chi connectivity index (χ4v) is 3.26. The Morgan fingerprint density at radius 3 is 2.32 bits per heavy atom. The molecule has 1 saturated carbocycles. The minimum absolute atomic E-state index is 0.0993. The molecule has 0 unspecified atom stereocenters. The molecule has 0 atom stereocenters. The Morgan fingerprint density at radius 2 is 1.74 bits per heavy atom. The normalized spacial score (nSPS) is 27.8. The Bertz CT molecular complexity index is 446. The van der Waals surface area contributed by atoms with Crippen molar-refractivity contribution >= 4 is 11.6 Å². The van der Waals surface area contributed by atoms with Crippen LogP contribution < -0.4 is 4.90 Å². The van der Waals surface area contributed by atoms with Crippen molar-refractivity contribution < 1.29 is 9.90 Å². The van der Waals surface area contributed by atoms with Gasteiger partial charge < -0.3 is 10.0 Å². The molecule has 0 radical (unpaired) electrons. The van der Waals surface area contributed by atoms with Gasteiger partial charge in [0.15, 0.2) is 0 Å². The molecule has 2 aliphatic rings. The van der Waals surface area contributed by atoms with Crippen molar-refractivity contribution in [1.82, 2.24) is 0 Å². The summed E-state index contributed by atoms with van der Waals surface area (Å²) in [6.45, 7) is 0.855. The minimum Gasteiger partial charge on any atom is -0.393 e. The lowest BCUT2D eigenvalue weighted by atomic mass is 9.83. The smallest absolute Gasteiger partial charge is 0.227 e. The van der Waals surface area contributed by atoms with Crippen LogP contribution in [0.4, 0.5) is 5.69 Å². The predicted octanol–water partition coefficient (Wildman–Crippen LogP) is 2.83. The van der Waals surface area contributed by atoms with E-state index in [1.165, 1.54) is 5.56 Å². The van der Waals surface area contributed by atoms with Crippen molar-refractivity contribution in [2.45, 2.75) is 50.5 Å². The molecule has 1 aliphatic heterocycles. The average molecular weight is 259 g/mol. The minimum atomic E-state index is -0.0993. The van der Waals surface area contributed by atoms with Crippen LogP contribution >= 0.6 is 0 Å². The number of aliphatic hydroxyl groups is 1. The van der Waals surface area contributed by atoms with E-state index in [1.54, 1.807) is 0 Å². The number of nitrogens with zero attached hydrogens (tertiary/aromatic N) is 1. The lowest BCUT2D eigenvalue weighted by Crippen LogP contribution is -2.23. The van der Waals surface area contributed by atoms with E-state index in [1.807, 2.05) is 4.90 Å². The Labute approximate surface area is 114 Å². The summed E-state index contributed by atoms with van der Waals surface area (Å²) < 4.78 is 0. The number of anilines is 1. The number of rotatable bonds is 2. The fraction of sp³-hybridized carbons (Fsp3) is 0.562.